The van der Waals surface area contributed by atoms with Crippen LogP contribution < -0.4 is 9.64 Å². The highest BCUT2D eigenvalue weighted by Gasteiger charge is 2.33. The van der Waals surface area contributed by atoms with Crippen molar-refractivity contribution in [3.05, 3.63) is 64.6 Å². The van der Waals surface area contributed by atoms with E-state index in [4.69, 9.17) is 17.0 Å². The maximum Gasteiger partial charge on any atom is 0.337 e. The molecule has 1 aliphatic heterocycles. The molecule has 2 aromatic carbocycles. The lowest BCUT2D eigenvalue weighted by Gasteiger charge is -2.14. The minimum Gasteiger partial charge on any atom is -0.497 e. The standard InChI is InChI=1S/C19H15NO4S2/c1-23-15-9-3-12(4-10-15)11-16-17(21)20(19(25)26-16)14-7-5-13(6-8-14)18(22)24-2/h3-11H,1-2H3/b16-11+. The first-order valence-corrected chi connectivity index (χ1v) is 8.86. The summed E-state index contributed by atoms with van der Waals surface area (Å²) in [6.07, 6.45) is 1.79. The summed E-state index contributed by atoms with van der Waals surface area (Å²) in [6, 6.07) is 14.0. The number of benzene rings is 2. The van der Waals surface area contributed by atoms with E-state index >= 15 is 0 Å². The van der Waals surface area contributed by atoms with Crippen molar-refractivity contribution in [2.75, 3.05) is 19.1 Å². The molecule has 0 bridgehead atoms. The third-order valence-corrected chi connectivity index (χ3v) is 5.06. The third kappa shape index (κ3) is 3.63. The SMILES string of the molecule is COC(=O)c1ccc(N2C(=O)/C(=C\c3ccc(OC)cc3)SC2=S)cc1. The van der Waals surface area contributed by atoms with Crippen LogP contribution >= 0.6 is 24.0 Å². The number of amides is 1. The van der Waals surface area contributed by atoms with Gasteiger partial charge in [-0.2, -0.15) is 0 Å². The molecular formula is C19H15NO4S2. The molecule has 1 amide bonds. The second-order valence-corrected chi connectivity index (χ2v) is 7.00. The Balaban J connectivity index is 1.84. The molecule has 0 unspecified atom stereocenters. The smallest absolute Gasteiger partial charge is 0.337 e. The number of hydrogen-bond donors (Lipinski definition) is 0. The molecule has 0 atom stereocenters. The minimum absolute atomic E-state index is 0.193. The lowest BCUT2D eigenvalue weighted by atomic mass is 10.2. The second-order valence-electron chi connectivity index (χ2n) is 5.33. The van der Waals surface area contributed by atoms with Crippen LogP contribution in [0.5, 0.6) is 5.75 Å². The zero-order valence-corrected chi connectivity index (χ0v) is 15.7. The van der Waals surface area contributed by atoms with Crippen LogP contribution in [0.15, 0.2) is 53.4 Å². The number of nitrogens with zero attached hydrogens (tertiary/aromatic N) is 1. The summed E-state index contributed by atoms with van der Waals surface area (Å²) in [5.74, 6) is 0.128. The molecule has 1 aliphatic rings. The lowest BCUT2D eigenvalue weighted by molar-refractivity contribution is -0.113. The first-order valence-electron chi connectivity index (χ1n) is 7.64. The molecule has 7 heteroatoms. The molecule has 0 radical (unpaired) electrons. The Morgan fingerprint density at radius 2 is 1.73 bits per heavy atom. The number of carbonyl (C=O) groups excluding carboxylic acids is 2. The fraction of sp³-hybridized carbons (Fsp3) is 0.105. The van der Waals surface area contributed by atoms with Crippen molar-refractivity contribution < 1.29 is 19.1 Å². The number of hydrogen-bond acceptors (Lipinski definition) is 6. The van der Waals surface area contributed by atoms with Crippen molar-refractivity contribution in [3.8, 4) is 5.75 Å². The third-order valence-electron chi connectivity index (χ3n) is 3.75. The Bertz CT molecular complexity index is 889. The Morgan fingerprint density at radius 1 is 1.08 bits per heavy atom. The number of esters is 1. The van der Waals surface area contributed by atoms with E-state index in [1.807, 2.05) is 24.3 Å². The van der Waals surface area contributed by atoms with E-state index in [2.05, 4.69) is 4.74 Å². The van der Waals surface area contributed by atoms with Gasteiger partial charge in [0.2, 0.25) is 0 Å². The molecule has 0 spiro atoms. The van der Waals surface area contributed by atoms with Gasteiger partial charge in [0.15, 0.2) is 4.32 Å². The van der Waals surface area contributed by atoms with Crippen LogP contribution in [0.2, 0.25) is 0 Å². The van der Waals surface area contributed by atoms with E-state index < -0.39 is 5.97 Å². The normalized spacial score (nSPS) is 15.5. The fourth-order valence-corrected chi connectivity index (χ4v) is 3.71. The summed E-state index contributed by atoms with van der Waals surface area (Å²) in [6.45, 7) is 0. The molecule has 1 saturated heterocycles. The number of anilines is 1. The number of rotatable bonds is 4. The van der Waals surface area contributed by atoms with Crippen molar-refractivity contribution in [3.63, 3.8) is 0 Å². The predicted octanol–water partition coefficient (Wildman–Crippen LogP) is 3.89. The summed E-state index contributed by atoms with van der Waals surface area (Å²) < 4.78 is 10.3. The number of ether oxygens (including phenoxy) is 2. The van der Waals surface area contributed by atoms with Crippen LogP contribution in [0, 0.1) is 0 Å². The highest BCUT2D eigenvalue weighted by Crippen LogP contribution is 2.36. The van der Waals surface area contributed by atoms with Gasteiger partial charge in [0.1, 0.15) is 5.75 Å². The van der Waals surface area contributed by atoms with Gasteiger partial charge in [-0.3, -0.25) is 9.69 Å². The van der Waals surface area contributed by atoms with E-state index in [1.165, 1.54) is 23.8 Å². The van der Waals surface area contributed by atoms with Gasteiger partial charge in [0.05, 0.1) is 30.4 Å². The van der Waals surface area contributed by atoms with Gasteiger partial charge in [-0.25, -0.2) is 4.79 Å². The van der Waals surface area contributed by atoms with Crippen LogP contribution in [-0.4, -0.2) is 30.4 Å². The molecule has 26 heavy (non-hydrogen) atoms. The van der Waals surface area contributed by atoms with E-state index in [9.17, 15) is 9.59 Å². The highest BCUT2D eigenvalue weighted by molar-refractivity contribution is 8.27. The highest BCUT2D eigenvalue weighted by atomic mass is 32.2. The van der Waals surface area contributed by atoms with Gasteiger partial charge in [-0.05, 0) is 48.0 Å². The average molecular weight is 385 g/mol. The zero-order chi connectivity index (χ0) is 18.7. The van der Waals surface area contributed by atoms with Crippen molar-refractivity contribution in [1.82, 2.24) is 0 Å². The van der Waals surface area contributed by atoms with Crippen molar-refractivity contribution in [2.45, 2.75) is 0 Å². The van der Waals surface area contributed by atoms with Crippen molar-refractivity contribution >= 4 is 51.9 Å². The van der Waals surface area contributed by atoms with E-state index in [-0.39, 0.29) is 5.91 Å². The van der Waals surface area contributed by atoms with Crippen molar-refractivity contribution in [1.29, 1.82) is 0 Å². The van der Waals surface area contributed by atoms with Gasteiger partial charge >= 0.3 is 5.97 Å². The maximum atomic E-state index is 12.8. The quantitative estimate of drug-likeness (QED) is 0.452. The Hall–Kier alpha value is -2.64. The van der Waals surface area contributed by atoms with Crippen LogP contribution in [0.25, 0.3) is 6.08 Å². The number of thiocarbonyl (C=S) groups is 1. The van der Waals surface area contributed by atoms with E-state index in [0.717, 1.165) is 11.3 Å². The predicted molar refractivity (Wildman–Crippen MR) is 106 cm³/mol. The minimum atomic E-state index is -0.429. The Labute approximate surface area is 160 Å². The summed E-state index contributed by atoms with van der Waals surface area (Å²) >= 11 is 6.60. The van der Waals surface area contributed by atoms with E-state index in [1.54, 1.807) is 37.5 Å². The summed E-state index contributed by atoms with van der Waals surface area (Å²) in [7, 11) is 2.92. The molecular weight excluding hydrogens is 370 g/mol. The molecule has 3 rings (SSSR count). The van der Waals surface area contributed by atoms with Gasteiger partial charge in [0.25, 0.3) is 5.91 Å². The van der Waals surface area contributed by atoms with Crippen LogP contribution in [-0.2, 0) is 9.53 Å². The van der Waals surface area contributed by atoms with Gasteiger partial charge in [0, 0.05) is 0 Å². The Kier molecular flexibility index (Phi) is 5.39. The molecule has 0 N–H and O–H groups in total. The van der Waals surface area contributed by atoms with Crippen LogP contribution in [0.1, 0.15) is 15.9 Å². The number of carbonyl (C=O) groups is 2. The van der Waals surface area contributed by atoms with E-state index in [0.29, 0.717) is 20.5 Å². The fourth-order valence-electron chi connectivity index (χ4n) is 2.41. The number of methoxy groups -OCH3 is 2. The largest absolute Gasteiger partial charge is 0.497 e. The summed E-state index contributed by atoms with van der Waals surface area (Å²) in [4.78, 5) is 26.3. The second kappa shape index (κ2) is 7.72. The monoisotopic (exact) mass is 385 g/mol. The zero-order valence-electron chi connectivity index (χ0n) is 14.1. The lowest BCUT2D eigenvalue weighted by Crippen LogP contribution is -2.27. The molecule has 1 fully saturated rings. The Morgan fingerprint density at radius 3 is 2.31 bits per heavy atom. The summed E-state index contributed by atoms with van der Waals surface area (Å²) in [5, 5.41) is 0. The molecule has 132 valence electrons. The molecule has 5 nitrogen and oxygen atoms in total. The molecule has 0 aromatic heterocycles. The van der Waals surface area contributed by atoms with Crippen molar-refractivity contribution in [2.24, 2.45) is 0 Å². The topological polar surface area (TPSA) is 55.8 Å². The first-order chi connectivity index (χ1) is 12.5. The van der Waals surface area contributed by atoms with Gasteiger partial charge in [-0.1, -0.05) is 36.1 Å². The first kappa shape index (κ1) is 18.2. The molecule has 0 saturated carbocycles. The molecule has 0 aliphatic carbocycles. The molecule has 2 aromatic rings. The van der Waals surface area contributed by atoms with Gasteiger partial charge < -0.3 is 9.47 Å². The molecule has 1 heterocycles. The van der Waals surface area contributed by atoms with Crippen LogP contribution in [0.4, 0.5) is 5.69 Å². The number of thioether (sulfide) groups is 1. The van der Waals surface area contributed by atoms with Gasteiger partial charge in [-0.15, -0.1) is 0 Å². The summed E-state index contributed by atoms with van der Waals surface area (Å²) in [5.41, 5.74) is 1.90. The van der Waals surface area contributed by atoms with Crippen LogP contribution in [0.3, 0.4) is 0 Å². The average Bonchev–Trinajstić information content (AvgIpc) is 2.95. The maximum absolute atomic E-state index is 12.8.